The fraction of sp³-hybridized carbons (Fsp3) is 0.889. The van der Waals surface area contributed by atoms with E-state index in [1.165, 1.54) is 0 Å². The molecule has 0 fully saturated rings. The number of likely N-dealkylation sites (N-methyl/N-ethyl adjacent to an activating group) is 1. The third-order valence-corrected chi connectivity index (χ3v) is 2.19. The van der Waals surface area contributed by atoms with E-state index in [0.29, 0.717) is 0 Å². The molecule has 0 bridgehead atoms. The van der Waals surface area contributed by atoms with Crippen molar-refractivity contribution < 1.29 is 15.0 Å². The first kappa shape index (κ1) is 12.4. The zero-order chi connectivity index (χ0) is 10.3. The fourth-order valence-corrected chi connectivity index (χ4v) is 1.03. The smallest absolute Gasteiger partial charge is 0.320 e. The second-order valence-corrected chi connectivity index (χ2v) is 3.28. The van der Waals surface area contributed by atoms with Crippen LogP contribution >= 0.6 is 0 Å². The quantitative estimate of drug-likeness (QED) is 0.574. The lowest BCUT2D eigenvalue weighted by atomic mass is 10.2. The van der Waals surface area contributed by atoms with Crippen LogP contribution in [-0.4, -0.2) is 47.3 Å². The second-order valence-electron chi connectivity index (χ2n) is 3.28. The number of hydrogen-bond acceptors (Lipinski definition) is 3. The van der Waals surface area contributed by atoms with Gasteiger partial charge in [-0.15, -0.1) is 0 Å². The Labute approximate surface area is 79.2 Å². The molecule has 0 rings (SSSR count). The molecule has 1 atom stereocenters. The van der Waals surface area contributed by atoms with Gasteiger partial charge in [0.15, 0.2) is 0 Å². The maximum atomic E-state index is 10.5. The van der Waals surface area contributed by atoms with Gasteiger partial charge in [-0.2, -0.15) is 0 Å². The van der Waals surface area contributed by atoms with Gasteiger partial charge in [0.1, 0.15) is 6.04 Å². The minimum absolute atomic E-state index is 0.220. The molecule has 0 spiro atoms. The predicted octanol–water partition coefficient (Wildman–Crippen LogP) is 0.554. The molecule has 2 N–H and O–H groups in total. The van der Waals surface area contributed by atoms with Crippen LogP contribution in [0.1, 0.15) is 26.2 Å². The Balaban J connectivity index is 3.50. The first-order valence-corrected chi connectivity index (χ1v) is 4.63. The Hall–Kier alpha value is -0.610. The molecule has 13 heavy (non-hydrogen) atoms. The summed E-state index contributed by atoms with van der Waals surface area (Å²) in [7, 11) is 1.80. The number of hydrogen-bond donors (Lipinski definition) is 2. The summed E-state index contributed by atoms with van der Waals surface area (Å²) >= 11 is 0. The SMILES string of the molecule is CC(C(=O)O)N(C)CCCCCO. The number of nitrogens with zero attached hydrogens (tertiary/aromatic N) is 1. The number of aliphatic carboxylic acids is 1. The first-order chi connectivity index (χ1) is 6.09. The van der Waals surface area contributed by atoms with Crippen LogP contribution in [0.2, 0.25) is 0 Å². The van der Waals surface area contributed by atoms with Gasteiger partial charge in [0.2, 0.25) is 0 Å². The highest BCUT2D eigenvalue weighted by molar-refractivity contribution is 5.72. The zero-order valence-corrected chi connectivity index (χ0v) is 8.36. The van der Waals surface area contributed by atoms with Crippen LogP contribution in [0.25, 0.3) is 0 Å². The van der Waals surface area contributed by atoms with Gasteiger partial charge in [-0.05, 0) is 39.8 Å². The average molecular weight is 189 g/mol. The van der Waals surface area contributed by atoms with E-state index in [2.05, 4.69) is 0 Å². The maximum Gasteiger partial charge on any atom is 0.320 e. The van der Waals surface area contributed by atoms with Gasteiger partial charge in [-0.3, -0.25) is 9.69 Å². The third kappa shape index (κ3) is 5.60. The number of aliphatic hydroxyl groups excluding tert-OH is 1. The van der Waals surface area contributed by atoms with Gasteiger partial charge in [0.25, 0.3) is 0 Å². The fourth-order valence-electron chi connectivity index (χ4n) is 1.03. The first-order valence-electron chi connectivity index (χ1n) is 4.63. The molecular weight excluding hydrogens is 170 g/mol. The summed E-state index contributed by atoms with van der Waals surface area (Å²) in [5.41, 5.74) is 0. The average Bonchev–Trinajstić information content (AvgIpc) is 2.10. The number of carbonyl (C=O) groups is 1. The molecule has 4 nitrogen and oxygen atoms in total. The molecular formula is C9H19NO3. The minimum atomic E-state index is -0.787. The Kier molecular flexibility index (Phi) is 6.54. The van der Waals surface area contributed by atoms with Crippen molar-refractivity contribution in [3.05, 3.63) is 0 Å². The van der Waals surface area contributed by atoms with E-state index >= 15 is 0 Å². The van der Waals surface area contributed by atoms with E-state index in [9.17, 15) is 4.79 Å². The van der Waals surface area contributed by atoms with E-state index in [1.54, 1.807) is 18.9 Å². The molecule has 0 radical (unpaired) electrons. The molecule has 0 aliphatic carbocycles. The molecule has 0 saturated carbocycles. The number of rotatable bonds is 7. The van der Waals surface area contributed by atoms with E-state index in [4.69, 9.17) is 10.2 Å². The summed E-state index contributed by atoms with van der Waals surface area (Å²) in [4.78, 5) is 12.4. The van der Waals surface area contributed by atoms with Crippen LogP contribution < -0.4 is 0 Å². The summed E-state index contributed by atoms with van der Waals surface area (Å²) < 4.78 is 0. The minimum Gasteiger partial charge on any atom is -0.480 e. The van der Waals surface area contributed by atoms with Gasteiger partial charge in [0, 0.05) is 6.61 Å². The van der Waals surface area contributed by atoms with Crippen molar-refractivity contribution in [2.75, 3.05) is 20.2 Å². The van der Waals surface area contributed by atoms with Crippen molar-refractivity contribution >= 4 is 5.97 Å². The lowest BCUT2D eigenvalue weighted by Crippen LogP contribution is -2.36. The largest absolute Gasteiger partial charge is 0.480 e. The number of unbranched alkanes of at least 4 members (excludes halogenated alkanes) is 2. The summed E-state index contributed by atoms with van der Waals surface area (Å²) in [5, 5.41) is 17.2. The summed E-state index contributed by atoms with van der Waals surface area (Å²) in [6.07, 6.45) is 2.69. The highest BCUT2D eigenvalue weighted by atomic mass is 16.4. The van der Waals surface area contributed by atoms with Gasteiger partial charge >= 0.3 is 5.97 Å². The topological polar surface area (TPSA) is 60.8 Å². The van der Waals surface area contributed by atoms with Crippen molar-refractivity contribution in [3.63, 3.8) is 0 Å². The number of carboxylic acids is 1. The van der Waals surface area contributed by atoms with Gasteiger partial charge in [-0.25, -0.2) is 0 Å². The number of aliphatic hydroxyl groups is 1. The highest BCUT2D eigenvalue weighted by Gasteiger charge is 2.15. The third-order valence-electron chi connectivity index (χ3n) is 2.19. The molecule has 0 saturated heterocycles. The molecule has 0 aromatic heterocycles. The monoisotopic (exact) mass is 189 g/mol. The van der Waals surface area contributed by atoms with Gasteiger partial charge < -0.3 is 10.2 Å². The molecule has 78 valence electrons. The molecule has 4 heteroatoms. The predicted molar refractivity (Wildman–Crippen MR) is 50.7 cm³/mol. The molecule has 1 unspecified atom stereocenters. The summed E-state index contributed by atoms with van der Waals surface area (Å²) in [5.74, 6) is -0.787. The normalized spacial score (nSPS) is 13.2. The Morgan fingerprint density at radius 1 is 1.38 bits per heavy atom. The standard InChI is InChI=1S/C9H19NO3/c1-8(9(12)13)10(2)6-4-3-5-7-11/h8,11H,3-7H2,1-2H3,(H,12,13). The van der Waals surface area contributed by atoms with Crippen LogP contribution in [0, 0.1) is 0 Å². The summed E-state index contributed by atoms with van der Waals surface area (Å²) in [6, 6.07) is -0.422. The lowest BCUT2D eigenvalue weighted by molar-refractivity contribution is -0.142. The number of carboxylic acid groups (broad SMARTS) is 1. The molecule has 0 aliphatic heterocycles. The van der Waals surface area contributed by atoms with Gasteiger partial charge in [-0.1, -0.05) is 0 Å². The second kappa shape index (κ2) is 6.86. The Morgan fingerprint density at radius 2 is 2.00 bits per heavy atom. The van der Waals surface area contributed by atoms with Crippen LogP contribution in [0.4, 0.5) is 0 Å². The van der Waals surface area contributed by atoms with E-state index in [0.717, 1.165) is 25.8 Å². The molecule has 0 aromatic carbocycles. The van der Waals surface area contributed by atoms with Crippen molar-refractivity contribution in [2.24, 2.45) is 0 Å². The molecule has 0 aromatic rings. The van der Waals surface area contributed by atoms with E-state index in [1.807, 2.05) is 0 Å². The summed E-state index contributed by atoms with van der Waals surface area (Å²) in [6.45, 7) is 2.67. The van der Waals surface area contributed by atoms with E-state index in [-0.39, 0.29) is 6.61 Å². The van der Waals surface area contributed by atoms with Crippen LogP contribution in [-0.2, 0) is 4.79 Å². The van der Waals surface area contributed by atoms with Gasteiger partial charge in [0.05, 0.1) is 0 Å². The van der Waals surface area contributed by atoms with Crippen LogP contribution in [0.5, 0.6) is 0 Å². The Bertz CT molecular complexity index is 150. The maximum absolute atomic E-state index is 10.5. The molecule has 0 aliphatic rings. The highest BCUT2D eigenvalue weighted by Crippen LogP contribution is 2.00. The lowest BCUT2D eigenvalue weighted by Gasteiger charge is -2.20. The Morgan fingerprint density at radius 3 is 2.46 bits per heavy atom. The molecule has 0 amide bonds. The zero-order valence-electron chi connectivity index (χ0n) is 8.36. The van der Waals surface area contributed by atoms with Crippen molar-refractivity contribution in [1.82, 2.24) is 4.90 Å². The van der Waals surface area contributed by atoms with Crippen molar-refractivity contribution in [1.29, 1.82) is 0 Å². The van der Waals surface area contributed by atoms with Crippen LogP contribution in [0.3, 0.4) is 0 Å². The van der Waals surface area contributed by atoms with Crippen molar-refractivity contribution in [2.45, 2.75) is 32.2 Å². The molecule has 0 heterocycles. The van der Waals surface area contributed by atoms with Crippen molar-refractivity contribution in [3.8, 4) is 0 Å². The van der Waals surface area contributed by atoms with Crippen LogP contribution in [0.15, 0.2) is 0 Å². The van der Waals surface area contributed by atoms with E-state index < -0.39 is 12.0 Å².